The van der Waals surface area contributed by atoms with E-state index in [4.69, 9.17) is 4.74 Å². The van der Waals surface area contributed by atoms with E-state index in [1.54, 1.807) is 0 Å². The minimum Gasteiger partial charge on any atom is -0.462 e. The van der Waals surface area contributed by atoms with Gasteiger partial charge in [0.2, 0.25) is 0 Å². The van der Waals surface area contributed by atoms with Gasteiger partial charge in [-0.25, -0.2) is 0 Å². The van der Waals surface area contributed by atoms with Crippen LogP contribution in [0.1, 0.15) is 216 Å². The van der Waals surface area contributed by atoms with Crippen LogP contribution in [0, 0.1) is 56.7 Å². The van der Waals surface area contributed by atoms with Crippen LogP contribution in [0.4, 0.5) is 0 Å². The molecule has 5 rings (SSSR count). The van der Waals surface area contributed by atoms with Crippen molar-refractivity contribution in [2.45, 2.75) is 222 Å². The molecule has 5 aliphatic carbocycles. The highest BCUT2D eigenvalue weighted by atomic mass is 16.5. The molecule has 0 amide bonds. The summed E-state index contributed by atoms with van der Waals surface area (Å²) >= 11 is 0. The quantitative estimate of drug-likeness (QED) is 0.0675. The third kappa shape index (κ3) is 8.17. The van der Waals surface area contributed by atoms with E-state index in [2.05, 4.69) is 74.1 Å². The highest BCUT2D eigenvalue weighted by Crippen LogP contribution is 2.89. The Balaban J connectivity index is 1.04. The lowest BCUT2D eigenvalue weighted by Gasteiger charge is -2.63. The number of allylic oxidation sites excluding steroid dienone is 3. The summed E-state index contributed by atoms with van der Waals surface area (Å²) in [6.45, 7) is 24.4. The van der Waals surface area contributed by atoms with Gasteiger partial charge in [-0.1, -0.05) is 131 Å². The van der Waals surface area contributed by atoms with Crippen molar-refractivity contribution in [2.24, 2.45) is 56.7 Å². The Kier molecular flexibility index (Phi) is 13.8. The fourth-order valence-corrected chi connectivity index (χ4v) is 14.0. The molecule has 0 aromatic rings. The number of esters is 1. The summed E-state index contributed by atoms with van der Waals surface area (Å²) in [5.41, 5.74) is 3.55. The van der Waals surface area contributed by atoms with Crippen LogP contribution in [0.25, 0.3) is 0 Å². The average Bonchev–Trinajstić information content (AvgIpc) is 3.67. The zero-order valence-corrected chi connectivity index (χ0v) is 35.3. The fourth-order valence-electron chi connectivity index (χ4n) is 14.0. The van der Waals surface area contributed by atoms with E-state index in [0.717, 1.165) is 37.0 Å². The molecule has 9 atom stereocenters. The van der Waals surface area contributed by atoms with Gasteiger partial charge in [-0.15, -0.1) is 0 Å². The molecule has 292 valence electrons. The average molecular weight is 705 g/mol. The number of carbonyl (C=O) groups excluding carboxylic acids is 1. The van der Waals surface area contributed by atoms with E-state index in [0.29, 0.717) is 39.9 Å². The van der Waals surface area contributed by atoms with E-state index < -0.39 is 0 Å². The van der Waals surface area contributed by atoms with Crippen molar-refractivity contribution >= 4 is 5.97 Å². The van der Waals surface area contributed by atoms with Gasteiger partial charge < -0.3 is 4.74 Å². The summed E-state index contributed by atoms with van der Waals surface area (Å²) in [7, 11) is 0. The summed E-state index contributed by atoms with van der Waals surface area (Å²) < 4.78 is 6.42. The molecule has 5 saturated carbocycles. The molecule has 0 aromatic heterocycles. The Morgan fingerprint density at radius 2 is 1.31 bits per heavy atom. The highest BCUT2D eigenvalue weighted by molar-refractivity contribution is 5.69. The summed E-state index contributed by atoms with van der Waals surface area (Å²) in [6, 6.07) is 0. The van der Waals surface area contributed by atoms with Crippen molar-refractivity contribution in [3.05, 3.63) is 24.3 Å². The lowest BCUT2D eigenvalue weighted by atomic mass is 9.41. The minimum absolute atomic E-state index is 0.0740. The third-order valence-corrected chi connectivity index (χ3v) is 17.5. The highest BCUT2D eigenvalue weighted by Gasteiger charge is 2.82. The summed E-state index contributed by atoms with van der Waals surface area (Å²) in [6.07, 6.45) is 37.1. The van der Waals surface area contributed by atoms with Gasteiger partial charge >= 0.3 is 5.97 Å². The normalized spacial score (nSPS) is 37.0. The molecule has 2 spiro atoms. The maximum atomic E-state index is 13.2. The Morgan fingerprint density at radius 3 is 1.98 bits per heavy atom. The first-order valence-corrected chi connectivity index (χ1v) is 22.8. The molecule has 2 heteroatoms. The number of ether oxygens (including phenoxy) is 1. The lowest BCUT2D eigenvalue weighted by molar-refractivity contribution is -0.183. The van der Waals surface area contributed by atoms with Gasteiger partial charge in [0.15, 0.2) is 0 Å². The summed E-state index contributed by atoms with van der Waals surface area (Å²) in [5.74, 6) is 3.93. The predicted octanol–water partition coefficient (Wildman–Crippen LogP) is 15.0. The molecule has 0 N–H and O–H groups in total. The van der Waals surface area contributed by atoms with Crippen LogP contribution in [0.3, 0.4) is 0 Å². The molecule has 0 aromatic carbocycles. The molecule has 0 radical (unpaired) electrons. The second-order valence-corrected chi connectivity index (χ2v) is 20.7. The third-order valence-electron chi connectivity index (χ3n) is 17.5. The molecule has 5 aliphatic rings. The largest absolute Gasteiger partial charge is 0.462 e. The Bertz CT molecular complexity index is 1180. The van der Waals surface area contributed by atoms with Crippen molar-refractivity contribution in [3.8, 4) is 0 Å². The summed E-state index contributed by atoms with van der Waals surface area (Å²) in [5, 5.41) is 0. The van der Waals surface area contributed by atoms with Crippen molar-refractivity contribution in [1.82, 2.24) is 0 Å². The Morgan fingerprint density at radius 1 is 0.706 bits per heavy atom. The topological polar surface area (TPSA) is 26.3 Å². The fraction of sp³-hybridized carbons (Fsp3) is 0.898. The van der Waals surface area contributed by atoms with Crippen LogP contribution in [0.2, 0.25) is 0 Å². The van der Waals surface area contributed by atoms with Gasteiger partial charge in [0.05, 0.1) is 0 Å². The van der Waals surface area contributed by atoms with Gasteiger partial charge in [0.25, 0.3) is 0 Å². The van der Waals surface area contributed by atoms with Crippen LogP contribution in [0.5, 0.6) is 0 Å². The van der Waals surface area contributed by atoms with Gasteiger partial charge in [-0.05, 0) is 154 Å². The standard InChI is InChI=1S/C49H84O2/c1-10-11-12-13-14-15-16-17-18-19-20-21-22-23-24-25-44(50)51-43-31-33-48-36-49(48)35-34-46(8)40(39(5)27-26-38(4)37(2)3)30-32-47(46,9)42(49)29-28-41(48)45(43,6)7/h17-18,37,39-43H,4,10-16,19-36H2,1-3,5-9H3. The van der Waals surface area contributed by atoms with E-state index in [9.17, 15) is 4.79 Å². The number of unbranched alkanes of at least 4 members (excludes halogenated alkanes) is 11. The van der Waals surface area contributed by atoms with Gasteiger partial charge in [-0.2, -0.15) is 0 Å². The molecule has 2 nitrogen and oxygen atoms in total. The van der Waals surface area contributed by atoms with Crippen molar-refractivity contribution in [1.29, 1.82) is 0 Å². The molecule has 51 heavy (non-hydrogen) atoms. The molecule has 0 saturated heterocycles. The van der Waals surface area contributed by atoms with Gasteiger partial charge in [0, 0.05) is 11.8 Å². The van der Waals surface area contributed by atoms with E-state index in [1.165, 1.54) is 140 Å². The predicted molar refractivity (Wildman–Crippen MR) is 219 cm³/mol. The molecule has 0 heterocycles. The second-order valence-electron chi connectivity index (χ2n) is 20.7. The van der Waals surface area contributed by atoms with Crippen molar-refractivity contribution < 1.29 is 9.53 Å². The Hall–Kier alpha value is -1.05. The van der Waals surface area contributed by atoms with Crippen LogP contribution >= 0.6 is 0 Å². The summed E-state index contributed by atoms with van der Waals surface area (Å²) in [4.78, 5) is 13.2. The minimum atomic E-state index is 0.0740. The van der Waals surface area contributed by atoms with Crippen molar-refractivity contribution in [2.75, 3.05) is 0 Å². The monoisotopic (exact) mass is 705 g/mol. The van der Waals surface area contributed by atoms with E-state index in [-0.39, 0.29) is 17.5 Å². The molecular weight excluding hydrogens is 621 g/mol. The smallest absolute Gasteiger partial charge is 0.306 e. The SMILES string of the molecule is C=C(CCC(C)C1CCC2(C)C3CCC4C(C)(C)C(OC(=O)CCCCCCCC=CCCCCCCCC)CCC45CC35CCC12C)C(C)C. The van der Waals surface area contributed by atoms with E-state index in [1.807, 2.05) is 0 Å². The van der Waals surface area contributed by atoms with Gasteiger partial charge in [0.1, 0.15) is 6.10 Å². The number of carbonyl (C=O) groups is 1. The first-order chi connectivity index (χ1) is 24.3. The number of hydrogen-bond donors (Lipinski definition) is 0. The molecule has 9 unspecified atom stereocenters. The molecular formula is C49H84O2. The second kappa shape index (κ2) is 17.2. The van der Waals surface area contributed by atoms with Gasteiger partial charge in [-0.3, -0.25) is 4.79 Å². The lowest BCUT2D eigenvalue weighted by Crippen LogP contribution is -2.58. The Labute approximate surface area is 317 Å². The maximum Gasteiger partial charge on any atom is 0.306 e. The van der Waals surface area contributed by atoms with Crippen LogP contribution < -0.4 is 0 Å². The number of fused-ring (bicyclic) bond motifs is 2. The first kappa shape index (κ1) is 41.1. The number of hydrogen-bond acceptors (Lipinski definition) is 2. The zero-order valence-electron chi connectivity index (χ0n) is 35.3. The van der Waals surface area contributed by atoms with Crippen LogP contribution in [-0.2, 0) is 9.53 Å². The maximum absolute atomic E-state index is 13.2. The first-order valence-electron chi connectivity index (χ1n) is 22.8. The van der Waals surface area contributed by atoms with Crippen LogP contribution in [0.15, 0.2) is 24.3 Å². The zero-order chi connectivity index (χ0) is 36.9. The molecule has 0 bridgehead atoms. The van der Waals surface area contributed by atoms with Crippen molar-refractivity contribution in [3.63, 3.8) is 0 Å². The van der Waals surface area contributed by atoms with E-state index >= 15 is 0 Å². The molecule has 0 aliphatic heterocycles. The number of rotatable bonds is 21. The van der Waals surface area contributed by atoms with Crippen LogP contribution in [-0.4, -0.2) is 12.1 Å². The molecule has 5 fully saturated rings.